The highest BCUT2D eigenvalue weighted by atomic mass is 35.5. The Kier molecular flexibility index (Phi) is 9.22. The molecule has 1 fully saturated rings. The molecule has 0 spiro atoms. The maximum Gasteiger partial charge on any atom is 0.243 e. The first-order valence-corrected chi connectivity index (χ1v) is 15.6. The summed E-state index contributed by atoms with van der Waals surface area (Å²) < 4.78 is 55.1. The van der Waals surface area contributed by atoms with Gasteiger partial charge in [-0.15, -0.1) is 0 Å². The number of nitrogens with zero attached hydrogens (tertiary/aromatic N) is 2. The van der Waals surface area contributed by atoms with Gasteiger partial charge in [0.25, 0.3) is 0 Å². The van der Waals surface area contributed by atoms with Crippen LogP contribution in [0.4, 0.5) is 0 Å². The second-order valence-corrected chi connectivity index (χ2v) is 13.4. The van der Waals surface area contributed by atoms with E-state index in [1.807, 2.05) is 6.07 Å². The molecule has 0 aromatic heterocycles. The summed E-state index contributed by atoms with van der Waals surface area (Å²) in [5.74, 6) is -0.483. The zero-order valence-corrected chi connectivity index (χ0v) is 23.2. The highest BCUT2D eigenvalue weighted by molar-refractivity contribution is 7.89. The van der Waals surface area contributed by atoms with Crippen LogP contribution in [0.25, 0.3) is 0 Å². The van der Waals surface area contributed by atoms with Crippen molar-refractivity contribution in [2.24, 2.45) is 0 Å². The van der Waals surface area contributed by atoms with Crippen LogP contribution in [0.3, 0.4) is 0 Å². The molecule has 0 saturated carbocycles. The number of halogens is 1. The molecular weight excluding hydrogens is 546 g/mol. The van der Waals surface area contributed by atoms with E-state index in [0.717, 1.165) is 29.1 Å². The van der Waals surface area contributed by atoms with Crippen LogP contribution in [-0.2, 0) is 37.9 Å². The number of carbonyl (C=O) groups is 1. The Hall–Kier alpha value is -2.76. The number of amides is 1. The summed E-state index contributed by atoms with van der Waals surface area (Å²) in [6.07, 6.45) is 2.76. The Labute approximate surface area is 229 Å². The Morgan fingerprint density at radius 2 is 1.39 bits per heavy atom. The third-order valence-electron chi connectivity index (χ3n) is 6.34. The summed E-state index contributed by atoms with van der Waals surface area (Å²) in [4.78, 5) is 13.1. The van der Waals surface area contributed by atoms with Gasteiger partial charge >= 0.3 is 0 Å². The molecule has 0 atom stereocenters. The number of carbonyl (C=O) groups excluding carboxylic acids is 1. The smallest absolute Gasteiger partial charge is 0.243 e. The predicted octanol–water partition coefficient (Wildman–Crippen LogP) is 4.02. The van der Waals surface area contributed by atoms with E-state index in [1.54, 1.807) is 36.4 Å². The lowest BCUT2D eigenvalue weighted by atomic mass is 10.2. The van der Waals surface area contributed by atoms with Crippen molar-refractivity contribution in [3.05, 3.63) is 95.0 Å². The van der Waals surface area contributed by atoms with Crippen molar-refractivity contribution < 1.29 is 21.6 Å². The summed E-state index contributed by atoms with van der Waals surface area (Å²) in [5, 5.41) is 3.15. The van der Waals surface area contributed by atoms with Gasteiger partial charge in [0, 0.05) is 31.2 Å². The molecule has 0 radical (unpaired) electrons. The minimum Gasteiger partial charge on any atom is -0.351 e. The van der Waals surface area contributed by atoms with Crippen molar-refractivity contribution >= 4 is 37.6 Å². The zero-order valence-electron chi connectivity index (χ0n) is 20.8. The highest BCUT2D eigenvalue weighted by Gasteiger charge is 2.28. The number of hydrogen-bond donors (Lipinski definition) is 1. The van der Waals surface area contributed by atoms with Gasteiger partial charge in [-0.2, -0.15) is 8.61 Å². The van der Waals surface area contributed by atoms with Gasteiger partial charge in [0.1, 0.15) is 0 Å². The van der Waals surface area contributed by atoms with Crippen molar-refractivity contribution in [2.75, 3.05) is 19.6 Å². The average Bonchev–Trinajstić information content (AvgIpc) is 2.93. The van der Waals surface area contributed by atoms with Gasteiger partial charge in [-0.3, -0.25) is 4.79 Å². The topological polar surface area (TPSA) is 104 Å². The number of piperidine rings is 1. The molecule has 3 aromatic rings. The van der Waals surface area contributed by atoms with Crippen LogP contribution < -0.4 is 5.32 Å². The van der Waals surface area contributed by atoms with Gasteiger partial charge in [0.05, 0.1) is 16.3 Å². The van der Waals surface area contributed by atoms with Crippen molar-refractivity contribution in [1.82, 2.24) is 13.9 Å². The zero-order chi connectivity index (χ0) is 27.2. The molecule has 11 heteroatoms. The van der Waals surface area contributed by atoms with Crippen LogP contribution in [0.5, 0.6) is 0 Å². The molecule has 1 aliphatic rings. The van der Waals surface area contributed by atoms with Crippen molar-refractivity contribution in [3.63, 3.8) is 0 Å². The minimum absolute atomic E-state index is 0.0161. The van der Waals surface area contributed by atoms with E-state index in [4.69, 9.17) is 11.6 Å². The van der Waals surface area contributed by atoms with E-state index >= 15 is 0 Å². The molecule has 3 aromatic carbocycles. The monoisotopic (exact) mass is 575 g/mol. The summed E-state index contributed by atoms with van der Waals surface area (Å²) >= 11 is 5.92. The lowest BCUT2D eigenvalue weighted by Crippen LogP contribution is -2.40. The van der Waals surface area contributed by atoms with Gasteiger partial charge in [-0.25, -0.2) is 16.8 Å². The SMILES string of the molecule is O=C(CN(Cc1ccccc1)S(=O)(=O)c1ccc(Cl)cc1)NCc1ccc(S(=O)(=O)N2CCCCC2)cc1. The molecule has 0 unspecified atom stereocenters. The standard InChI is InChI=1S/C27H30ClN3O5S2/c28-24-11-15-26(16-12-24)38(35,36)31(20-23-7-3-1-4-8-23)21-27(32)29-19-22-9-13-25(14-10-22)37(33,34)30-17-5-2-6-18-30/h1,3-4,7-16H,2,5-6,17-21H2,(H,29,32). The van der Waals surface area contributed by atoms with Crippen LogP contribution in [0, 0.1) is 0 Å². The number of benzene rings is 3. The van der Waals surface area contributed by atoms with Gasteiger partial charge in [0.15, 0.2) is 0 Å². The largest absolute Gasteiger partial charge is 0.351 e. The fraction of sp³-hybridized carbons (Fsp3) is 0.296. The van der Waals surface area contributed by atoms with Gasteiger partial charge in [0.2, 0.25) is 26.0 Å². The summed E-state index contributed by atoms with van der Waals surface area (Å²) in [7, 11) is -7.52. The Bertz CT molecular complexity index is 1440. The van der Waals surface area contributed by atoms with E-state index in [-0.39, 0.29) is 29.4 Å². The average molecular weight is 576 g/mol. The Morgan fingerprint density at radius 3 is 2.03 bits per heavy atom. The first kappa shape index (κ1) is 28.3. The first-order chi connectivity index (χ1) is 18.2. The molecule has 1 saturated heterocycles. The molecule has 1 heterocycles. The van der Waals surface area contributed by atoms with Crippen LogP contribution in [0.1, 0.15) is 30.4 Å². The molecule has 1 N–H and O–H groups in total. The lowest BCUT2D eigenvalue weighted by Gasteiger charge is -2.25. The second-order valence-electron chi connectivity index (χ2n) is 9.10. The van der Waals surface area contributed by atoms with Crippen LogP contribution >= 0.6 is 11.6 Å². The third kappa shape index (κ3) is 7.00. The maximum absolute atomic E-state index is 13.4. The number of nitrogens with one attached hydrogen (secondary N) is 1. The van der Waals surface area contributed by atoms with Crippen molar-refractivity contribution in [3.8, 4) is 0 Å². The highest BCUT2D eigenvalue weighted by Crippen LogP contribution is 2.22. The fourth-order valence-electron chi connectivity index (χ4n) is 4.22. The lowest BCUT2D eigenvalue weighted by molar-refractivity contribution is -0.121. The molecule has 8 nitrogen and oxygen atoms in total. The number of sulfonamides is 2. The van der Waals surface area contributed by atoms with Gasteiger partial charge in [-0.05, 0) is 60.4 Å². The molecule has 1 aliphatic heterocycles. The van der Waals surface area contributed by atoms with E-state index in [1.165, 1.54) is 40.7 Å². The minimum atomic E-state index is -3.98. The summed E-state index contributed by atoms with van der Waals surface area (Å²) in [6, 6.07) is 21.2. The summed E-state index contributed by atoms with van der Waals surface area (Å²) in [6.45, 7) is 0.809. The predicted molar refractivity (Wildman–Crippen MR) is 146 cm³/mol. The Morgan fingerprint density at radius 1 is 0.789 bits per heavy atom. The first-order valence-electron chi connectivity index (χ1n) is 12.3. The molecule has 38 heavy (non-hydrogen) atoms. The van der Waals surface area contributed by atoms with E-state index in [9.17, 15) is 21.6 Å². The molecule has 0 aliphatic carbocycles. The van der Waals surface area contributed by atoms with Crippen molar-refractivity contribution in [2.45, 2.75) is 42.1 Å². The number of rotatable bonds is 10. The van der Waals surface area contributed by atoms with E-state index < -0.39 is 26.0 Å². The van der Waals surface area contributed by atoms with Gasteiger partial charge < -0.3 is 5.32 Å². The van der Waals surface area contributed by atoms with Gasteiger partial charge in [-0.1, -0.05) is 60.5 Å². The van der Waals surface area contributed by atoms with Crippen molar-refractivity contribution in [1.29, 1.82) is 0 Å². The second kappa shape index (κ2) is 12.4. The van der Waals surface area contributed by atoms with Crippen LogP contribution in [0.2, 0.25) is 5.02 Å². The molecule has 202 valence electrons. The molecule has 4 rings (SSSR count). The fourth-order valence-corrected chi connectivity index (χ4v) is 7.25. The van der Waals surface area contributed by atoms with Crippen LogP contribution in [0.15, 0.2) is 88.7 Å². The quantitative estimate of drug-likeness (QED) is 0.393. The molecule has 1 amide bonds. The summed E-state index contributed by atoms with van der Waals surface area (Å²) in [5.41, 5.74) is 1.44. The van der Waals surface area contributed by atoms with E-state index in [0.29, 0.717) is 23.7 Å². The van der Waals surface area contributed by atoms with E-state index in [2.05, 4.69) is 5.32 Å². The Balaban J connectivity index is 1.43. The number of hydrogen-bond acceptors (Lipinski definition) is 5. The van der Waals surface area contributed by atoms with Crippen LogP contribution in [-0.4, -0.2) is 51.0 Å². The molecular formula is C27H30ClN3O5S2. The maximum atomic E-state index is 13.4. The normalized spacial score (nSPS) is 14.9. The molecule has 0 bridgehead atoms. The third-order valence-corrected chi connectivity index (χ3v) is 10.3.